The molecule has 0 radical (unpaired) electrons. The van der Waals surface area contributed by atoms with Crippen LogP contribution in [0.1, 0.15) is 23.2 Å². The van der Waals surface area contributed by atoms with Crippen molar-refractivity contribution in [2.45, 2.75) is 20.5 Å². The third-order valence-corrected chi connectivity index (χ3v) is 4.87. The zero-order valence-corrected chi connectivity index (χ0v) is 17.5. The van der Waals surface area contributed by atoms with Crippen LogP contribution in [0.4, 0.5) is 5.69 Å². The van der Waals surface area contributed by atoms with Crippen molar-refractivity contribution in [3.63, 3.8) is 0 Å². The van der Waals surface area contributed by atoms with Gasteiger partial charge in [0.1, 0.15) is 29.7 Å². The van der Waals surface area contributed by atoms with E-state index in [1.165, 1.54) is 6.08 Å². The Kier molecular flexibility index (Phi) is 7.19. The minimum atomic E-state index is -0.496. The number of hydrogen-bond acceptors (Lipinski definition) is 6. The first-order valence-corrected chi connectivity index (χ1v) is 10.3. The summed E-state index contributed by atoms with van der Waals surface area (Å²) in [4.78, 5) is 16.9. The van der Waals surface area contributed by atoms with E-state index in [0.29, 0.717) is 30.4 Å². The highest BCUT2D eigenvalue weighted by Crippen LogP contribution is 2.24. The van der Waals surface area contributed by atoms with Crippen LogP contribution in [0.25, 0.3) is 6.08 Å². The van der Waals surface area contributed by atoms with E-state index in [9.17, 15) is 10.1 Å². The summed E-state index contributed by atoms with van der Waals surface area (Å²) in [5.41, 5.74) is 2.12. The molecule has 1 aromatic heterocycles. The predicted molar refractivity (Wildman–Crippen MR) is 117 cm³/mol. The number of amides is 1. The van der Waals surface area contributed by atoms with E-state index in [1.807, 2.05) is 31.4 Å². The minimum Gasteiger partial charge on any atom is -0.492 e. The topological polar surface area (TPSA) is 84.2 Å². The number of aryl methyl sites for hydroxylation is 1. The fraction of sp³-hybridized carbons (Fsp3) is 0.174. The third kappa shape index (κ3) is 5.69. The maximum atomic E-state index is 12.5. The van der Waals surface area contributed by atoms with Crippen molar-refractivity contribution in [1.82, 2.24) is 4.98 Å². The number of rotatable bonds is 8. The molecule has 0 aliphatic carbocycles. The van der Waals surface area contributed by atoms with Crippen LogP contribution in [0.2, 0.25) is 0 Å². The van der Waals surface area contributed by atoms with Gasteiger partial charge in [0.25, 0.3) is 5.91 Å². The number of nitrogens with one attached hydrogen (secondary N) is 1. The molecule has 0 atom stereocenters. The Hall–Kier alpha value is -3.63. The van der Waals surface area contributed by atoms with Crippen LogP contribution in [0.5, 0.6) is 11.5 Å². The van der Waals surface area contributed by atoms with Gasteiger partial charge < -0.3 is 14.8 Å². The van der Waals surface area contributed by atoms with Crippen LogP contribution in [-0.4, -0.2) is 17.5 Å². The number of hydrogen-bond donors (Lipinski definition) is 1. The highest BCUT2D eigenvalue weighted by atomic mass is 32.1. The number of anilines is 1. The number of ether oxygens (including phenoxy) is 2. The number of carbonyl (C=O) groups excluding carboxylic acids is 1. The summed E-state index contributed by atoms with van der Waals surface area (Å²) in [6.07, 6.45) is 1.53. The average Bonchev–Trinajstić information content (AvgIpc) is 3.18. The molecule has 7 heteroatoms. The molecule has 3 aromatic rings. The van der Waals surface area contributed by atoms with Gasteiger partial charge in [-0.2, -0.15) is 5.26 Å². The van der Waals surface area contributed by atoms with Gasteiger partial charge in [-0.25, -0.2) is 4.98 Å². The molecule has 30 heavy (non-hydrogen) atoms. The first-order chi connectivity index (χ1) is 14.6. The average molecular weight is 420 g/mol. The molecule has 1 N–H and O–H groups in total. The third-order valence-electron chi connectivity index (χ3n) is 4.04. The summed E-state index contributed by atoms with van der Waals surface area (Å²) in [7, 11) is 0. The Morgan fingerprint density at radius 3 is 2.63 bits per heavy atom. The standard InChI is InChI=1S/C23H21N3O3S/c1-3-28-22-7-5-4-6-21(22)26-23(27)18(13-24)12-17-8-10-20(11-9-17)29-14-19-15-30-16(2)25-19/h4-12,15H,3,14H2,1-2H3,(H,26,27)/b18-12+. The summed E-state index contributed by atoms with van der Waals surface area (Å²) in [6, 6.07) is 16.2. The smallest absolute Gasteiger partial charge is 0.266 e. The number of nitriles is 1. The second kappa shape index (κ2) is 10.2. The lowest BCUT2D eigenvalue weighted by Crippen LogP contribution is -2.14. The summed E-state index contributed by atoms with van der Waals surface area (Å²) >= 11 is 1.58. The zero-order chi connectivity index (χ0) is 21.3. The molecular weight excluding hydrogens is 398 g/mol. The van der Waals surface area contributed by atoms with Gasteiger partial charge in [0.15, 0.2) is 0 Å². The van der Waals surface area contributed by atoms with Crippen LogP contribution >= 0.6 is 11.3 Å². The fourth-order valence-electron chi connectivity index (χ4n) is 2.65. The first kappa shape index (κ1) is 21.1. The van der Waals surface area contributed by atoms with E-state index in [-0.39, 0.29) is 5.57 Å². The van der Waals surface area contributed by atoms with Crippen LogP contribution in [0.15, 0.2) is 59.5 Å². The lowest BCUT2D eigenvalue weighted by atomic mass is 10.1. The molecule has 0 bridgehead atoms. The summed E-state index contributed by atoms with van der Waals surface area (Å²) in [5.74, 6) is 0.748. The number of thiazole rings is 1. The van der Waals surface area contributed by atoms with Gasteiger partial charge in [-0.3, -0.25) is 4.79 Å². The van der Waals surface area contributed by atoms with E-state index < -0.39 is 5.91 Å². The molecular formula is C23H21N3O3S. The van der Waals surface area contributed by atoms with Crippen molar-refractivity contribution in [1.29, 1.82) is 5.26 Å². The molecule has 0 unspecified atom stereocenters. The van der Waals surface area contributed by atoms with E-state index in [1.54, 1.807) is 53.8 Å². The first-order valence-electron chi connectivity index (χ1n) is 9.38. The van der Waals surface area contributed by atoms with Gasteiger partial charge in [0.2, 0.25) is 0 Å². The predicted octanol–water partition coefficient (Wildman–Crippen LogP) is 4.97. The Balaban J connectivity index is 1.66. The monoisotopic (exact) mass is 419 g/mol. The molecule has 3 rings (SSSR count). The number of nitrogens with zero attached hydrogens (tertiary/aromatic N) is 2. The number of carbonyl (C=O) groups is 1. The lowest BCUT2D eigenvalue weighted by molar-refractivity contribution is -0.112. The molecule has 152 valence electrons. The van der Waals surface area contributed by atoms with Gasteiger partial charge in [-0.05, 0) is 49.8 Å². The molecule has 0 saturated heterocycles. The van der Waals surface area contributed by atoms with Crippen molar-refractivity contribution in [3.8, 4) is 17.6 Å². The SMILES string of the molecule is CCOc1ccccc1NC(=O)/C(C#N)=C/c1ccc(OCc2csc(C)n2)cc1. The number of aromatic nitrogens is 1. The summed E-state index contributed by atoms with van der Waals surface area (Å²) < 4.78 is 11.2. The van der Waals surface area contributed by atoms with Crippen LogP contribution < -0.4 is 14.8 Å². The molecule has 0 saturated carbocycles. The molecule has 0 aliphatic heterocycles. The molecule has 0 spiro atoms. The van der Waals surface area contributed by atoms with Crippen molar-refractivity contribution >= 4 is 29.0 Å². The van der Waals surface area contributed by atoms with Gasteiger partial charge in [0, 0.05) is 5.38 Å². The maximum Gasteiger partial charge on any atom is 0.266 e. The van der Waals surface area contributed by atoms with Crippen molar-refractivity contribution in [2.24, 2.45) is 0 Å². The fourth-order valence-corrected chi connectivity index (χ4v) is 3.25. The number of para-hydroxylation sites is 2. The molecule has 0 fully saturated rings. The van der Waals surface area contributed by atoms with Crippen molar-refractivity contribution < 1.29 is 14.3 Å². The normalized spacial score (nSPS) is 10.9. The molecule has 1 heterocycles. The Morgan fingerprint density at radius 1 is 1.20 bits per heavy atom. The maximum absolute atomic E-state index is 12.5. The second-order valence-corrected chi connectivity index (χ2v) is 7.33. The van der Waals surface area contributed by atoms with Gasteiger partial charge in [0.05, 0.1) is 23.0 Å². The van der Waals surface area contributed by atoms with E-state index in [4.69, 9.17) is 9.47 Å². The van der Waals surface area contributed by atoms with Gasteiger partial charge in [-0.1, -0.05) is 24.3 Å². The molecule has 2 aromatic carbocycles. The van der Waals surface area contributed by atoms with E-state index >= 15 is 0 Å². The molecule has 6 nitrogen and oxygen atoms in total. The summed E-state index contributed by atoms with van der Waals surface area (Å²) in [6.45, 7) is 4.69. The quantitative estimate of drug-likeness (QED) is 0.411. The largest absolute Gasteiger partial charge is 0.492 e. The Morgan fingerprint density at radius 2 is 1.97 bits per heavy atom. The van der Waals surface area contributed by atoms with Gasteiger partial charge in [-0.15, -0.1) is 11.3 Å². The Labute approximate surface area is 179 Å². The highest BCUT2D eigenvalue weighted by molar-refractivity contribution is 7.09. The lowest BCUT2D eigenvalue weighted by Gasteiger charge is -2.10. The molecule has 1 amide bonds. The van der Waals surface area contributed by atoms with E-state index in [2.05, 4.69) is 10.3 Å². The van der Waals surface area contributed by atoms with Crippen LogP contribution in [0.3, 0.4) is 0 Å². The van der Waals surface area contributed by atoms with Crippen LogP contribution in [-0.2, 0) is 11.4 Å². The van der Waals surface area contributed by atoms with Gasteiger partial charge >= 0.3 is 0 Å². The molecule has 0 aliphatic rings. The highest BCUT2D eigenvalue weighted by Gasteiger charge is 2.12. The van der Waals surface area contributed by atoms with Crippen LogP contribution in [0, 0.1) is 18.3 Å². The second-order valence-electron chi connectivity index (χ2n) is 6.27. The summed E-state index contributed by atoms with van der Waals surface area (Å²) in [5, 5.41) is 15.1. The van der Waals surface area contributed by atoms with Crippen molar-refractivity contribution in [3.05, 3.63) is 75.7 Å². The van der Waals surface area contributed by atoms with E-state index in [0.717, 1.165) is 16.3 Å². The minimum absolute atomic E-state index is 0.00656. The number of benzene rings is 2. The van der Waals surface area contributed by atoms with Crippen molar-refractivity contribution in [2.75, 3.05) is 11.9 Å². The zero-order valence-electron chi connectivity index (χ0n) is 16.7. The Bertz CT molecular complexity index is 1080.